The summed E-state index contributed by atoms with van der Waals surface area (Å²) in [5.74, 6) is 0. The van der Waals surface area contributed by atoms with E-state index in [0.29, 0.717) is 12.1 Å². The van der Waals surface area contributed by atoms with Gasteiger partial charge in [-0.05, 0) is 52.0 Å². The third-order valence-corrected chi connectivity index (χ3v) is 2.46. The van der Waals surface area contributed by atoms with Crippen molar-refractivity contribution in [2.45, 2.75) is 39.8 Å². The van der Waals surface area contributed by atoms with Crippen LogP contribution in [0, 0.1) is 0 Å². The average molecular weight is 283 g/mol. The fourth-order valence-corrected chi connectivity index (χ4v) is 1.64. The number of rotatable bonds is 3. The van der Waals surface area contributed by atoms with E-state index >= 15 is 0 Å². The Morgan fingerprint density at radius 2 is 1.69 bits per heavy atom. The summed E-state index contributed by atoms with van der Waals surface area (Å²) in [6, 6.07) is 8.85. The van der Waals surface area contributed by atoms with Gasteiger partial charge in [-0.1, -0.05) is 15.9 Å². The zero-order valence-electron chi connectivity index (χ0n) is 10.3. The first-order chi connectivity index (χ1) is 7.49. The molecule has 0 heterocycles. The molecule has 2 nitrogen and oxygen atoms in total. The maximum absolute atomic E-state index is 4.61. The summed E-state index contributed by atoms with van der Waals surface area (Å²) in [7, 11) is 0. The highest BCUT2D eigenvalue weighted by Gasteiger charge is 1.98. The first kappa shape index (κ1) is 13.2. The predicted molar refractivity (Wildman–Crippen MR) is 73.6 cm³/mol. The molecule has 0 atom stereocenters. The Morgan fingerprint density at radius 3 is 2.25 bits per heavy atom. The minimum atomic E-state index is 0.300. The number of halogens is 1. The van der Waals surface area contributed by atoms with Crippen LogP contribution in [-0.2, 0) is 0 Å². The Kier molecular flexibility index (Phi) is 5.00. The van der Waals surface area contributed by atoms with Crippen LogP contribution in [0.3, 0.4) is 0 Å². The first-order valence-corrected chi connectivity index (χ1v) is 6.38. The molecule has 0 saturated carbocycles. The Bertz CT molecular complexity index is 411. The van der Waals surface area contributed by atoms with Crippen molar-refractivity contribution in [2.24, 2.45) is 4.99 Å². The molecular formula is C13H19BrN2. The fourth-order valence-electron chi connectivity index (χ4n) is 1.38. The van der Waals surface area contributed by atoms with Crippen molar-refractivity contribution in [3.63, 3.8) is 0 Å². The third kappa shape index (κ3) is 4.35. The van der Waals surface area contributed by atoms with Gasteiger partial charge in [-0.15, -0.1) is 0 Å². The summed E-state index contributed by atoms with van der Waals surface area (Å²) >= 11 is 3.47. The zero-order valence-corrected chi connectivity index (χ0v) is 11.9. The molecule has 0 spiro atoms. The topological polar surface area (TPSA) is 24.4 Å². The number of anilines is 1. The normalized spacial score (nSPS) is 12.3. The maximum atomic E-state index is 4.61. The molecule has 16 heavy (non-hydrogen) atoms. The molecule has 0 aromatic heterocycles. The van der Waals surface area contributed by atoms with E-state index in [1.54, 1.807) is 0 Å². The van der Waals surface area contributed by atoms with E-state index in [4.69, 9.17) is 0 Å². The predicted octanol–water partition coefficient (Wildman–Crippen LogP) is 3.58. The van der Waals surface area contributed by atoms with Gasteiger partial charge in [0.2, 0.25) is 0 Å². The van der Waals surface area contributed by atoms with E-state index in [1.807, 2.05) is 18.2 Å². The van der Waals surface area contributed by atoms with Crippen molar-refractivity contribution in [2.75, 3.05) is 5.32 Å². The van der Waals surface area contributed by atoms with E-state index < -0.39 is 0 Å². The molecule has 0 aliphatic carbocycles. The average Bonchev–Trinajstić information content (AvgIpc) is 2.31. The molecule has 1 rings (SSSR count). The van der Waals surface area contributed by atoms with Crippen LogP contribution in [0.15, 0.2) is 33.7 Å². The SMILES string of the molecule is CC(C)N=c1ccc(Br)ccc1NC(C)C. The first-order valence-electron chi connectivity index (χ1n) is 5.59. The molecular weight excluding hydrogens is 264 g/mol. The van der Waals surface area contributed by atoms with E-state index in [0.717, 1.165) is 15.5 Å². The Hall–Kier alpha value is -0.830. The Morgan fingerprint density at radius 1 is 1.06 bits per heavy atom. The van der Waals surface area contributed by atoms with Gasteiger partial charge >= 0.3 is 0 Å². The molecule has 0 aliphatic rings. The molecule has 3 heteroatoms. The van der Waals surface area contributed by atoms with Crippen molar-refractivity contribution in [3.8, 4) is 0 Å². The van der Waals surface area contributed by atoms with Gasteiger partial charge in [-0.3, -0.25) is 4.99 Å². The van der Waals surface area contributed by atoms with Crippen LogP contribution in [0.1, 0.15) is 27.7 Å². The monoisotopic (exact) mass is 282 g/mol. The maximum Gasteiger partial charge on any atom is 0.0809 e. The Balaban J connectivity index is 3.28. The highest BCUT2D eigenvalue weighted by atomic mass is 79.9. The minimum absolute atomic E-state index is 0.300. The smallest absolute Gasteiger partial charge is 0.0809 e. The van der Waals surface area contributed by atoms with Crippen molar-refractivity contribution >= 4 is 21.6 Å². The lowest BCUT2D eigenvalue weighted by Crippen LogP contribution is -2.17. The molecule has 0 amide bonds. The number of nitrogens with one attached hydrogen (secondary N) is 1. The van der Waals surface area contributed by atoms with Crippen molar-refractivity contribution < 1.29 is 0 Å². The Labute approximate surface area is 106 Å². The largest absolute Gasteiger partial charge is 0.381 e. The van der Waals surface area contributed by atoms with Gasteiger partial charge in [-0.25, -0.2) is 0 Å². The molecule has 0 bridgehead atoms. The van der Waals surface area contributed by atoms with Gasteiger partial charge in [0, 0.05) is 16.6 Å². The second-order valence-corrected chi connectivity index (χ2v) is 5.29. The zero-order chi connectivity index (χ0) is 12.1. The molecule has 1 aromatic carbocycles. The number of hydrogen-bond donors (Lipinski definition) is 1. The summed E-state index contributed by atoms with van der Waals surface area (Å²) < 4.78 is 1.06. The summed E-state index contributed by atoms with van der Waals surface area (Å²) in [4.78, 5) is 4.61. The highest BCUT2D eigenvalue weighted by Crippen LogP contribution is 2.09. The van der Waals surface area contributed by atoms with Crippen LogP contribution in [0.5, 0.6) is 0 Å². The molecule has 0 saturated heterocycles. The number of hydrogen-bond acceptors (Lipinski definition) is 2. The molecule has 0 radical (unpaired) electrons. The van der Waals surface area contributed by atoms with Crippen LogP contribution < -0.4 is 10.7 Å². The van der Waals surface area contributed by atoms with Gasteiger partial charge in [0.1, 0.15) is 0 Å². The fraction of sp³-hybridized carbons (Fsp3) is 0.462. The summed E-state index contributed by atoms with van der Waals surface area (Å²) in [5.41, 5.74) is 1.08. The second-order valence-electron chi connectivity index (χ2n) is 4.37. The van der Waals surface area contributed by atoms with Crippen LogP contribution in [0.25, 0.3) is 0 Å². The van der Waals surface area contributed by atoms with E-state index in [-0.39, 0.29) is 0 Å². The molecule has 1 aromatic rings. The molecule has 0 unspecified atom stereocenters. The quantitative estimate of drug-likeness (QED) is 0.901. The van der Waals surface area contributed by atoms with Gasteiger partial charge < -0.3 is 5.32 Å². The minimum Gasteiger partial charge on any atom is -0.381 e. The molecule has 88 valence electrons. The van der Waals surface area contributed by atoms with E-state index in [9.17, 15) is 0 Å². The summed E-state index contributed by atoms with van der Waals surface area (Å²) in [6.45, 7) is 8.42. The lowest BCUT2D eigenvalue weighted by atomic mass is 10.3. The highest BCUT2D eigenvalue weighted by molar-refractivity contribution is 9.10. The lowest BCUT2D eigenvalue weighted by molar-refractivity contribution is 0.803. The molecule has 1 N–H and O–H groups in total. The standard InChI is InChI=1S/C13H19BrN2/c1-9(2)15-12-7-5-11(14)6-8-13(12)16-10(3)4/h5-10H,1-4H3,(H,15,16). The van der Waals surface area contributed by atoms with Crippen LogP contribution in [-0.4, -0.2) is 12.1 Å². The van der Waals surface area contributed by atoms with Crippen molar-refractivity contribution in [3.05, 3.63) is 34.1 Å². The molecule has 0 aliphatic heterocycles. The van der Waals surface area contributed by atoms with Crippen molar-refractivity contribution in [1.29, 1.82) is 0 Å². The third-order valence-electron chi connectivity index (χ3n) is 1.93. The van der Waals surface area contributed by atoms with Gasteiger partial charge in [0.05, 0.1) is 11.0 Å². The van der Waals surface area contributed by atoms with Crippen LogP contribution in [0.2, 0.25) is 0 Å². The van der Waals surface area contributed by atoms with E-state index in [1.165, 1.54) is 0 Å². The summed E-state index contributed by atoms with van der Waals surface area (Å²) in [6.07, 6.45) is 0. The summed E-state index contributed by atoms with van der Waals surface area (Å²) in [5, 5.41) is 4.42. The second kappa shape index (κ2) is 6.04. The van der Waals surface area contributed by atoms with Crippen LogP contribution >= 0.6 is 15.9 Å². The van der Waals surface area contributed by atoms with Gasteiger partial charge in [0.15, 0.2) is 0 Å². The van der Waals surface area contributed by atoms with E-state index in [2.05, 4.69) is 60.0 Å². The van der Waals surface area contributed by atoms with Gasteiger partial charge in [0.25, 0.3) is 0 Å². The van der Waals surface area contributed by atoms with Crippen LogP contribution in [0.4, 0.5) is 5.69 Å². The van der Waals surface area contributed by atoms with Gasteiger partial charge in [-0.2, -0.15) is 0 Å². The van der Waals surface area contributed by atoms with Crippen molar-refractivity contribution in [1.82, 2.24) is 0 Å². The lowest BCUT2D eigenvalue weighted by Gasteiger charge is -2.09. The number of nitrogens with zero attached hydrogens (tertiary/aromatic N) is 1. The molecule has 0 fully saturated rings.